The van der Waals surface area contributed by atoms with E-state index >= 15 is 0 Å². The Labute approximate surface area is 162 Å². The summed E-state index contributed by atoms with van der Waals surface area (Å²) in [4.78, 5) is 23.4. The zero-order valence-electron chi connectivity index (χ0n) is 16.4. The molecule has 0 spiro atoms. The van der Waals surface area contributed by atoms with E-state index in [9.17, 15) is 14.7 Å². The fraction of sp³-hybridized carbons (Fsp3) is 0.636. The van der Waals surface area contributed by atoms with Crippen LogP contribution >= 0.6 is 0 Å². The van der Waals surface area contributed by atoms with Crippen LogP contribution in [0.5, 0.6) is 0 Å². The number of carbonyl (C=O) groups excluding carboxylic acids is 2. The van der Waals surface area contributed by atoms with Gasteiger partial charge < -0.3 is 14.6 Å². The summed E-state index contributed by atoms with van der Waals surface area (Å²) in [6, 6.07) is 10.0. The van der Waals surface area contributed by atoms with E-state index in [-0.39, 0.29) is 23.6 Å². The average molecular weight is 376 g/mol. The maximum absolute atomic E-state index is 12.3. The van der Waals surface area contributed by atoms with Crippen molar-refractivity contribution in [1.29, 1.82) is 0 Å². The molecule has 0 bridgehead atoms. The molecule has 0 aliphatic heterocycles. The summed E-state index contributed by atoms with van der Waals surface area (Å²) in [5, 5.41) is 10.4. The molecule has 1 aliphatic rings. The minimum Gasteiger partial charge on any atom is -0.469 e. The highest BCUT2D eigenvalue weighted by Crippen LogP contribution is 2.39. The van der Waals surface area contributed by atoms with Crippen molar-refractivity contribution in [3.8, 4) is 0 Å². The highest BCUT2D eigenvalue weighted by molar-refractivity contribution is 5.78. The number of unbranched alkanes of at least 4 members (excludes halogenated alkanes) is 1. The summed E-state index contributed by atoms with van der Waals surface area (Å²) in [5.41, 5.74) is 1.13. The van der Waals surface area contributed by atoms with Crippen molar-refractivity contribution < 1.29 is 24.2 Å². The smallest absolute Gasteiger partial charge is 0.305 e. The van der Waals surface area contributed by atoms with Crippen LogP contribution in [0, 0.1) is 17.8 Å². The van der Waals surface area contributed by atoms with Crippen LogP contribution in [0.2, 0.25) is 0 Å². The third kappa shape index (κ3) is 7.07. The quantitative estimate of drug-likeness (QED) is 0.472. The second-order valence-electron chi connectivity index (χ2n) is 7.63. The number of aliphatic hydroxyl groups is 1. The van der Waals surface area contributed by atoms with E-state index in [2.05, 4.69) is 11.7 Å². The number of ketones is 1. The lowest BCUT2D eigenvalue weighted by Crippen LogP contribution is -2.26. The molecular weight excluding hydrogens is 344 g/mol. The molecule has 0 aromatic heterocycles. The first-order valence-corrected chi connectivity index (χ1v) is 9.89. The van der Waals surface area contributed by atoms with Gasteiger partial charge >= 0.3 is 5.97 Å². The van der Waals surface area contributed by atoms with E-state index in [0.29, 0.717) is 51.2 Å². The molecule has 0 saturated heterocycles. The van der Waals surface area contributed by atoms with Gasteiger partial charge in [-0.25, -0.2) is 0 Å². The first kappa shape index (κ1) is 21.6. The molecule has 4 atom stereocenters. The van der Waals surface area contributed by atoms with Crippen LogP contribution in [0.4, 0.5) is 0 Å². The number of Topliss-reactive ketones (excluding diaryl/α,β-unsaturated/α-hetero) is 1. The minimum atomic E-state index is -0.440. The fourth-order valence-electron chi connectivity index (χ4n) is 3.96. The van der Waals surface area contributed by atoms with Gasteiger partial charge in [0.1, 0.15) is 5.78 Å². The molecule has 5 heteroatoms. The molecule has 5 nitrogen and oxygen atoms in total. The number of ether oxygens (including phenoxy) is 2. The van der Waals surface area contributed by atoms with Crippen LogP contribution < -0.4 is 0 Å². The van der Waals surface area contributed by atoms with Gasteiger partial charge in [0.2, 0.25) is 0 Å². The van der Waals surface area contributed by atoms with Crippen LogP contribution in [0.1, 0.15) is 51.0 Å². The predicted molar refractivity (Wildman–Crippen MR) is 103 cm³/mol. The lowest BCUT2D eigenvalue weighted by atomic mass is 9.86. The Morgan fingerprint density at radius 3 is 2.52 bits per heavy atom. The standard InChI is InChI=1S/C22H32O5/c1-16-12-21(24)19(13-18(23)10-6-7-11-22(25)26-2)20(16)15-27-14-17-8-4-3-5-9-17/h3-5,8-9,16,19-21,24H,6-7,10-15H2,1-2H3/t16-,19-,20+,21+/m1/s1. The molecule has 0 unspecified atom stereocenters. The van der Waals surface area contributed by atoms with E-state index in [1.807, 2.05) is 30.3 Å². The van der Waals surface area contributed by atoms with Crippen molar-refractivity contribution in [2.45, 2.75) is 58.2 Å². The molecule has 1 aromatic carbocycles. The normalized spacial score (nSPS) is 24.7. The van der Waals surface area contributed by atoms with E-state index in [1.165, 1.54) is 7.11 Å². The van der Waals surface area contributed by atoms with Crippen LogP contribution in [-0.2, 0) is 25.7 Å². The molecule has 1 aliphatic carbocycles. The summed E-state index contributed by atoms with van der Waals surface area (Å²) in [6.45, 7) is 3.24. The van der Waals surface area contributed by atoms with Crippen molar-refractivity contribution >= 4 is 11.8 Å². The fourth-order valence-corrected chi connectivity index (χ4v) is 3.96. The monoisotopic (exact) mass is 376 g/mol. The third-order valence-electron chi connectivity index (χ3n) is 5.59. The van der Waals surface area contributed by atoms with Crippen LogP contribution in [-0.4, -0.2) is 36.7 Å². The van der Waals surface area contributed by atoms with Gasteiger partial charge in [-0.05, 0) is 42.6 Å². The Morgan fingerprint density at radius 2 is 1.81 bits per heavy atom. The summed E-state index contributed by atoms with van der Waals surface area (Å²) in [5.74, 6) is 0.420. The second-order valence-corrected chi connectivity index (χ2v) is 7.63. The second kappa shape index (κ2) is 11.2. The zero-order valence-corrected chi connectivity index (χ0v) is 16.4. The highest BCUT2D eigenvalue weighted by atomic mass is 16.5. The first-order valence-electron chi connectivity index (χ1n) is 9.89. The lowest BCUT2D eigenvalue weighted by molar-refractivity contribution is -0.140. The highest BCUT2D eigenvalue weighted by Gasteiger charge is 2.40. The van der Waals surface area contributed by atoms with Crippen molar-refractivity contribution in [3.05, 3.63) is 35.9 Å². The van der Waals surface area contributed by atoms with Gasteiger partial charge in [-0.2, -0.15) is 0 Å². The molecule has 0 amide bonds. The number of carbonyl (C=O) groups is 2. The van der Waals surface area contributed by atoms with Crippen LogP contribution in [0.25, 0.3) is 0 Å². The summed E-state index contributed by atoms with van der Waals surface area (Å²) in [7, 11) is 1.37. The minimum absolute atomic E-state index is 0.0381. The number of benzene rings is 1. The molecule has 27 heavy (non-hydrogen) atoms. The molecule has 1 aromatic rings. The Hall–Kier alpha value is -1.72. The summed E-state index contributed by atoms with van der Waals surface area (Å²) >= 11 is 0. The average Bonchev–Trinajstić information content (AvgIpc) is 2.92. The van der Waals surface area contributed by atoms with Crippen molar-refractivity contribution in [1.82, 2.24) is 0 Å². The largest absolute Gasteiger partial charge is 0.469 e. The molecule has 2 rings (SSSR count). The maximum atomic E-state index is 12.3. The molecule has 150 valence electrons. The molecule has 0 heterocycles. The molecular formula is C22H32O5. The number of hydrogen-bond donors (Lipinski definition) is 1. The number of rotatable bonds is 11. The van der Waals surface area contributed by atoms with Crippen molar-refractivity contribution in [2.24, 2.45) is 17.8 Å². The third-order valence-corrected chi connectivity index (χ3v) is 5.59. The molecule has 1 saturated carbocycles. The van der Waals surface area contributed by atoms with Gasteiger partial charge in [0.05, 0.1) is 26.4 Å². The Bertz CT molecular complexity index is 586. The summed E-state index contributed by atoms with van der Waals surface area (Å²) in [6.07, 6.45) is 2.81. The molecule has 0 radical (unpaired) electrons. The van der Waals surface area contributed by atoms with Gasteiger partial charge in [-0.1, -0.05) is 37.3 Å². The van der Waals surface area contributed by atoms with E-state index in [4.69, 9.17) is 4.74 Å². The number of aliphatic hydroxyl groups excluding tert-OH is 1. The first-order chi connectivity index (χ1) is 13.0. The Kier molecular flexibility index (Phi) is 8.95. The predicted octanol–water partition coefficient (Wildman–Crippen LogP) is 3.53. The van der Waals surface area contributed by atoms with E-state index in [1.54, 1.807) is 0 Å². The van der Waals surface area contributed by atoms with Gasteiger partial charge in [-0.15, -0.1) is 0 Å². The Morgan fingerprint density at radius 1 is 1.11 bits per heavy atom. The van der Waals surface area contributed by atoms with Gasteiger partial charge in [0, 0.05) is 19.3 Å². The molecule has 1 N–H and O–H groups in total. The SMILES string of the molecule is COC(=O)CCCCC(=O)C[C@@H]1[C@@H](COCc2ccccc2)[C@H](C)C[C@@H]1O. The van der Waals surface area contributed by atoms with E-state index < -0.39 is 6.10 Å². The number of methoxy groups -OCH3 is 1. The topological polar surface area (TPSA) is 72.8 Å². The van der Waals surface area contributed by atoms with E-state index in [0.717, 1.165) is 12.0 Å². The Balaban J connectivity index is 1.76. The maximum Gasteiger partial charge on any atom is 0.305 e. The number of hydrogen-bond acceptors (Lipinski definition) is 5. The summed E-state index contributed by atoms with van der Waals surface area (Å²) < 4.78 is 10.5. The van der Waals surface area contributed by atoms with Crippen molar-refractivity contribution in [3.63, 3.8) is 0 Å². The zero-order chi connectivity index (χ0) is 19.6. The van der Waals surface area contributed by atoms with Crippen LogP contribution in [0.15, 0.2) is 30.3 Å². The molecule has 1 fully saturated rings. The lowest BCUT2D eigenvalue weighted by Gasteiger charge is -2.23. The number of esters is 1. The van der Waals surface area contributed by atoms with Gasteiger partial charge in [0.25, 0.3) is 0 Å². The van der Waals surface area contributed by atoms with Gasteiger partial charge in [-0.3, -0.25) is 9.59 Å². The van der Waals surface area contributed by atoms with Gasteiger partial charge in [0.15, 0.2) is 0 Å². The van der Waals surface area contributed by atoms with Crippen molar-refractivity contribution in [2.75, 3.05) is 13.7 Å². The van der Waals surface area contributed by atoms with Crippen LogP contribution in [0.3, 0.4) is 0 Å².